The van der Waals surface area contributed by atoms with E-state index in [1.165, 1.54) is 0 Å². The van der Waals surface area contributed by atoms with E-state index in [0.29, 0.717) is 17.1 Å². The van der Waals surface area contributed by atoms with E-state index in [1.54, 1.807) is 39.3 Å². The Kier molecular flexibility index (Phi) is 4.18. The molecule has 2 rings (SSSR count). The van der Waals surface area contributed by atoms with Crippen molar-refractivity contribution in [2.45, 2.75) is 25.3 Å². The average molecular weight is 279 g/mol. The molecule has 0 radical (unpaired) electrons. The number of carbonyl (C=O) groups is 1. The average Bonchev–Trinajstić information content (AvgIpc) is 2.99. The zero-order valence-corrected chi connectivity index (χ0v) is 12.2. The second-order valence-corrected chi connectivity index (χ2v) is 5.14. The Labute approximate surface area is 119 Å². The van der Waals surface area contributed by atoms with Crippen LogP contribution in [0, 0.1) is 0 Å². The number of hydrogen-bond acceptors (Lipinski definition) is 4. The number of nitrogens with zero attached hydrogens (tertiary/aromatic N) is 1. The Morgan fingerprint density at radius 3 is 2.30 bits per heavy atom. The second-order valence-electron chi connectivity index (χ2n) is 5.14. The molecule has 1 aliphatic heterocycles. The molecule has 0 amide bonds. The van der Waals surface area contributed by atoms with E-state index in [4.69, 9.17) is 9.47 Å². The smallest absolute Gasteiger partial charge is 0.328 e. The number of methoxy groups -OCH3 is 2. The third-order valence-corrected chi connectivity index (χ3v) is 4.10. The number of aliphatic carboxylic acids is 1. The maximum absolute atomic E-state index is 11.8. The van der Waals surface area contributed by atoms with E-state index in [2.05, 4.69) is 0 Å². The molecule has 1 N–H and O–H groups in total. The highest BCUT2D eigenvalue weighted by molar-refractivity contribution is 5.80. The fourth-order valence-electron chi connectivity index (χ4n) is 2.74. The first-order chi connectivity index (χ1) is 9.53. The summed E-state index contributed by atoms with van der Waals surface area (Å²) in [6.45, 7) is 3.36. The van der Waals surface area contributed by atoms with Crippen LogP contribution >= 0.6 is 0 Å². The maximum atomic E-state index is 11.8. The largest absolute Gasteiger partial charge is 0.493 e. The number of rotatable bonds is 5. The Bertz CT molecular complexity index is 497. The molecule has 1 aromatic rings. The Hall–Kier alpha value is -1.75. The fourth-order valence-corrected chi connectivity index (χ4v) is 2.74. The summed E-state index contributed by atoms with van der Waals surface area (Å²) in [5.74, 6) is 0.314. The molecule has 1 aliphatic rings. The molecule has 0 spiro atoms. The molecule has 1 aromatic carbocycles. The molecular weight excluding hydrogens is 258 g/mol. The van der Waals surface area contributed by atoms with Gasteiger partial charge in [-0.2, -0.15) is 0 Å². The molecule has 1 atom stereocenters. The quantitative estimate of drug-likeness (QED) is 0.894. The van der Waals surface area contributed by atoms with Crippen molar-refractivity contribution in [1.82, 2.24) is 4.90 Å². The molecule has 1 saturated heterocycles. The van der Waals surface area contributed by atoms with Gasteiger partial charge in [-0.05, 0) is 50.6 Å². The van der Waals surface area contributed by atoms with Crippen LogP contribution < -0.4 is 9.47 Å². The minimum absolute atomic E-state index is 0.552. The summed E-state index contributed by atoms with van der Waals surface area (Å²) in [4.78, 5) is 13.9. The minimum Gasteiger partial charge on any atom is -0.493 e. The molecule has 0 bridgehead atoms. The zero-order chi connectivity index (χ0) is 14.8. The van der Waals surface area contributed by atoms with Crippen LogP contribution in [0.4, 0.5) is 0 Å². The van der Waals surface area contributed by atoms with Gasteiger partial charge in [0.15, 0.2) is 11.5 Å². The lowest BCUT2D eigenvalue weighted by Crippen LogP contribution is -2.48. The molecule has 20 heavy (non-hydrogen) atoms. The van der Waals surface area contributed by atoms with Crippen LogP contribution in [-0.2, 0) is 10.3 Å². The molecule has 1 heterocycles. The van der Waals surface area contributed by atoms with Crippen molar-refractivity contribution in [3.05, 3.63) is 23.8 Å². The molecule has 0 aliphatic carbocycles. The highest BCUT2D eigenvalue weighted by Crippen LogP contribution is 2.37. The highest BCUT2D eigenvalue weighted by atomic mass is 16.5. The van der Waals surface area contributed by atoms with Crippen molar-refractivity contribution >= 4 is 5.97 Å². The van der Waals surface area contributed by atoms with Gasteiger partial charge in [-0.25, -0.2) is 4.79 Å². The number of ether oxygens (including phenoxy) is 2. The molecular formula is C15H21NO4. The Morgan fingerprint density at radius 2 is 1.80 bits per heavy atom. The van der Waals surface area contributed by atoms with Crippen LogP contribution in [0.3, 0.4) is 0 Å². The summed E-state index contributed by atoms with van der Waals surface area (Å²) in [6.07, 6.45) is 2.08. The molecule has 5 heteroatoms. The lowest BCUT2D eigenvalue weighted by molar-refractivity contribution is -0.150. The molecule has 5 nitrogen and oxygen atoms in total. The van der Waals surface area contributed by atoms with Crippen molar-refractivity contribution in [1.29, 1.82) is 0 Å². The zero-order valence-electron chi connectivity index (χ0n) is 12.2. The number of likely N-dealkylation sites (tertiary alicyclic amines) is 1. The maximum Gasteiger partial charge on any atom is 0.328 e. The summed E-state index contributed by atoms with van der Waals surface area (Å²) in [7, 11) is 3.12. The summed E-state index contributed by atoms with van der Waals surface area (Å²) in [5.41, 5.74) is -0.319. The molecule has 110 valence electrons. The van der Waals surface area contributed by atoms with Crippen molar-refractivity contribution in [2.24, 2.45) is 0 Å². The SMILES string of the molecule is COc1ccc(C(C)(C(=O)O)N2CCCC2)cc1OC. The van der Waals surface area contributed by atoms with E-state index in [1.807, 2.05) is 4.90 Å². The van der Waals surface area contributed by atoms with Crippen molar-refractivity contribution in [2.75, 3.05) is 27.3 Å². The number of benzene rings is 1. The van der Waals surface area contributed by atoms with E-state index in [0.717, 1.165) is 25.9 Å². The van der Waals surface area contributed by atoms with Crippen LogP contribution in [0.5, 0.6) is 11.5 Å². The first kappa shape index (κ1) is 14.7. The van der Waals surface area contributed by atoms with Gasteiger partial charge >= 0.3 is 5.97 Å². The summed E-state index contributed by atoms with van der Waals surface area (Å²) >= 11 is 0. The number of carboxylic acid groups (broad SMARTS) is 1. The van der Waals surface area contributed by atoms with Gasteiger partial charge in [0.05, 0.1) is 14.2 Å². The highest BCUT2D eigenvalue weighted by Gasteiger charge is 2.42. The lowest BCUT2D eigenvalue weighted by atomic mass is 9.90. The van der Waals surface area contributed by atoms with E-state index in [9.17, 15) is 9.90 Å². The van der Waals surface area contributed by atoms with Gasteiger partial charge in [-0.15, -0.1) is 0 Å². The van der Waals surface area contributed by atoms with E-state index >= 15 is 0 Å². The lowest BCUT2D eigenvalue weighted by Gasteiger charge is -2.35. The van der Waals surface area contributed by atoms with Gasteiger partial charge in [0.1, 0.15) is 5.54 Å². The standard InChI is InChI=1S/C15H21NO4/c1-15(14(17)18,16-8-4-5-9-16)11-6-7-12(19-2)13(10-11)20-3/h6-7,10H,4-5,8-9H2,1-3H3,(H,17,18). The molecule has 1 unspecified atom stereocenters. The van der Waals surface area contributed by atoms with Gasteiger partial charge in [0, 0.05) is 0 Å². The van der Waals surface area contributed by atoms with Gasteiger partial charge < -0.3 is 14.6 Å². The van der Waals surface area contributed by atoms with Crippen LogP contribution in [0.25, 0.3) is 0 Å². The van der Waals surface area contributed by atoms with Crippen LogP contribution in [0.15, 0.2) is 18.2 Å². The van der Waals surface area contributed by atoms with Crippen molar-refractivity contribution in [3.63, 3.8) is 0 Å². The topological polar surface area (TPSA) is 59.0 Å². The number of hydrogen-bond donors (Lipinski definition) is 1. The van der Waals surface area contributed by atoms with Crippen LogP contribution in [0.1, 0.15) is 25.3 Å². The normalized spacial score (nSPS) is 18.6. The minimum atomic E-state index is -1.03. The van der Waals surface area contributed by atoms with E-state index < -0.39 is 11.5 Å². The van der Waals surface area contributed by atoms with Gasteiger partial charge in [0.25, 0.3) is 0 Å². The van der Waals surface area contributed by atoms with Crippen LogP contribution in [-0.4, -0.2) is 43.3 Å². The Morgan fingerprint density at radius 1 is 1.20 bits per heavy atom. The van der Waals surface area contributed by atoms with Crippen LogP contribution in [0.2, 0.25) is 0 Å². The van der Waals surface area contributed by atoms with Crippen molar-refractivity contribution < 1.29 is 19.4 Å². The summed E-state index contributed by atoms with van der Waals surface area (Å²) in [6, 6.07) is 5.31. The predicted octanol–water partition coefficient (Wildman–Crippen LogP) is 2.10. The second kappa shape index (κ2) is 5.71. The number of carboxylic acids is 1. The summed E-state index contributed by atoms with van der Waals surface area (Å²) < 4.78 is 10.5. The van der Waals surface area contributed by atoms with Gasteiger partial charge in [-0.3, -0.25) is 4.90 Å². The van der Waals surface area contributed by atoms with E-state index in [-0.39, 0.29) is 0 Å². The first-order valence-corrected chi connectivity index (χ1v) is 6.75. The third-order valence-electron chi connectivity index (χ3n) is 4.10. The molecule has 0 saturated carbocycles. The van der Waals surface area contributed by atoms with Crippen molar-refractivity contribution in [3.8, 4) is 11.5 Å². The first-order valence-electron chi connectivity index (χ1n) is 6.75. The fraction of sp³-hybridized carbons (Fsp3) is 0.533. The molecule has 0 aromatic heterocycles. The summed E-state index contributed by atoms with van der Waals surface area (Å²) in [5, 5.41) is 9.72. The third kappa shape index (κ3) is 2.33. The van der Waals surface area contributed by atoms with Gasteiger partial charge in [-0.1, -0.05) is 6.07 Å². The molecule has 1 fully saturated rings. The predicted molar refractivity (Wildman–Crippen MR) is 75.3 cm³/mol. The monoisotopic (exact) mass is 279 g/mol. The van der Waals surface area contributed by atoms with Gasteiger partial charge in [0.2, 0.25) is 0 Å². The Balaban J connectivity index is 2.46.